The van der Waals surface area contributed by atoms with Gasteiger partial charge in [0.15, 0.2) is 6.61 Å². The van der Waals surface area contributed by atoms with Gasteiger partial charge in [-0.3, -0.25) is 4.79 Å². The largest absolute Gasteiger partial charge is 0.496 e. The topological polar surface area (TPSA) is 81.3 Å². The maximum absolute atomic E-state index is 12.9. The Kier molecular flexibility index (Phi) is 5.84. The van der Waals surface area contributed by atoms with Crippen LogP contribution >= 0.6 is 0 Å². The first-order valence-electron chi connectivity index (χ1n) is 9.87. The molecule has 3 aromatic rings. The Hall–Kier alpha value is -3.87. The van der Waals surface area contributed by atoms with Gasteiger partial charge in [-0.25, -0.2) is 9.80 Å². The van der Waals surface area contributed by atoms with Crippen LogP contribution in [0.3, 0.4) is 0 Å². The highest BCUT2D eigenvalue weighted by Crippen LogP contribution is 2.33. The predicted molar refractivity (Wildman–Crippen MR) is 114 cm³/mol. The zero-order valence-electron chi connectivity index (χ0n) is 17.3. The lowest BCUT2D eigenvalue weighted by Gasteiger charge is -2.19. The summed E-state index contributed by atoms with van der Waals surface area (Å²) >= 11 is 0. The number of amides is 1. The number of para-hydroxylation sites is 1. The zero-order chi connectivity index (χ0) is 21.8. The molecule has 0 bridgehead atoms. The highest BCUT2D eigenvalue weighted by molar-refractivity contribution is 6.03. The van der Waals surface area contributed by atoms with E-state index in [-0.39, 0.29) is 5.56 Å². The zero-order valence-corrected chi connectivity index (χ0v) is 17.3. The number of benzene rings is 2. The number of nitrogens with zero attached hydrogens (tertiary/aromatic N) is 2. The number of rotatable bonds is 6. The molecule has 7 nitrogen and oxygen atoms in total. The third kappa shape index (κ3) is 4.35. The number of carbonyl (C=O) groups excluding carboxylic acids is 2. The summed E-state index contributed by atoms with van der Waals surface area (Å²) in [4.78, 5) is 25.4. The monoisotopic (exact) mass is 418 g/mol. The number of hydrogen-bond donors (Lipinski definition) is 0. The fourth-order valence-electron chi connectivity index (χ4n) is 3.45. The van der Waals surface area contributed by atoms with E-state index in [2.05, 4.69) is 5.10 Å². The second-order valence-corrected chi connectivity index (χ2v) is 7.16. The van der Waals surface area contributed by atoms with E-state index in [0.717, 1.165) is 16.8 Å². The van der Waals surface area contributed by atoms with Crippen LogP contribution in [-0.4, -0.2) is 36.3 Å². The van der Waals surface area contributed by atoms with Crippen LogP contribution in [-0.2, 0) is 9.53 Å². The Morgan fingerprint density at radius 2 is 1.87 bits per heavy atom. The van der Waals surface area contributed by atoms with Gasteiger partial charge in [0, 0.05) is 6.42 Å². The van der Waals surface area contributed by atoms with Crippen molar-refractivity contribution in [3.63, 3.8) is 0 Å². The van der Waals surface area contributed by atoms with E-state index in [1.807, 2.05) is 31.2 Å². The molecule has 2 heterocycles. The summed E-state index contributed by atoms with van der Waals surface area (Å²) in [5, 5.41) is 5.87. The molecule has 7 heteroatoms. The van der Waals surface area contributed by atoms with Gasteiger partial charge < -0.3 is 13.9 Å². The Morgan fingerprint density at radius 3 is 2.58 bits per heavy atom. The Bertz CT molecular complexity index is 1100. The highest BCUT2D eigenvalue weighted by atomic mass is 16.5. The van der Waals surface area contributed by atoms with Crippen molar-refractivity contribution in [3.05, 3.63) is 89.4 Å². The molecule has 0 N–H and O–H groups in total. The number of methoxy groups -OCH3 is 1. The maximum Gasteiger partial charge on any atom is 0.342 e. The molecule has 0 saturated carbocycles. The van der Waals surface area contributed by atoms with Crippen molar-refractivity contribution in [1.82, 2.24) is 5.01 Å². The van der Waals surface area contributed by atoms with Gasteiger partial charge in [-0.15, -0.1) is 0 Å². The van der Waals surface area contributed by atoms with Gasteiger partial charge in [0.25, 0.3) is 5.91 Å². The summed E-state index contributed by atoms with van der Waals surface area (Å²) in [6, 6.07) is 17.8. The van der Waals surface area contributed by atoms with Crippen molar-refractivity contribution in [2.45, 2.75) is 19.4 Å². The average molecular weight is 418 g/mol. The molecule has 2 aromatic carbocycles. The smallest absolute Gasteiger partial charge is 0.342 e. The molecule has 31 heavy (non-hydrogen) atoms. The second kappa shape index (κ2) is 8.87. The van der Waals surface area contributed by atoms with Crippen LogP contribution in [0.15, 0.2) is 76.4 Å². The summed E-state index contributed by atoms with van der Waals surface area (Å²) in [6.45, 7) is 1.57. The van der Waals surface area contributed by atoms with E-state index in [4.69, 9.17) is 13.9 Å². The third-order valence-corrected chi connectivity index (χ3v) is 5.08. The van der Waals surface area contributed by atoms with E-state index >= 15 is 0 Å². The molecule has 1 aliphatic rings. The van der Waals surface area contributed by atoms with E-state index in [1.54, 1.807) is 42.7 Å². The second-order valence-electron chi connectivity index (χ2n) is 7.16. The molecule has 1 amide bonds. The van der Waals surface area contributed by atoms with Gasteiger partial charge in [0.2, 0.25) is 0 Å². The Balaban J connectivity index is 1.52. The first-order chi connectivity index (χ1) is 15.1. The number of carbonyl (C=O) groups is 2. The van der Waals surface area contributed by atoms with E-state index in [1.165, 1.54) is 12.1 Å². The summed E-state index contributed by atoms with van der Waals surface area (Å²) < 4.78 is 16.0. The normalized spacial score (nSPS) is 15.5. The minimum Gasteiger partial charge on any atom is -0.496 e. The highest BCUT2D eigenvalue weighted by Gasteiger charge is 2.35. The Morgan fingerprint density at radius 1 is 1.10 bits per heavy atom. The van der Waals surface area contributed by atoms with Crippen LogP contribution in [0.4, 0.5) is 0 Å². The molecule has 1 aliphatic heterocycles. The lowest BCUT2D eigenvalue weighted by Crippen LogP contribution is -2.31. The predicted octanol–water partition coefficient (Wildman–Crippen LogP) is 4.13. The number of hydrogen-bond acceptors (Lipinski definition) is 6. The van der Waals surface area contributed by atoms with Crippen molar-refractivity contribution in [3.8, 4) is 5.75 Å². The maximum atomic E-state index is 12.9. The molecule has 1 atom stereocenters. The van der Waals surface area contributed by atoms with Crippen molar-refractivity contribution in [2.75, 3.05) is 13.7 Å². The minimum atomic E-state index is -0.637. The molecule has 4 rings (SSSR count). The standard InChI is InChI=1S/C24H22N2O5/c1-16-9-11-17(12-10-16)19-14-20(22-8-5-13-30-22)26(25-19)23(27)15-31-24(28)18-6-3-4-7-21(18)29-2/h3-13,20H,14-15H2,1-2H3/t20-/m0/s1. The summed E-state index contributed by atoms with van der Waals surface area (Å²) in [7, 11) is 1.47. The number of ether oxygens (including phenoxy) is 2. The lowest BCUT2D eigenvalue weighted by atomic mass is 10.0. The molecule has 158 valence electrons. The molecule has 0 aliphatic carbocycles. The van der Waals surface area contributed by atoms with Crippen LogP contribution < -0.4 is 4.74 Å². The molecule has 0 unspecified atom stereocenters. The van der Waals surface area contributed by atoms with Crippen LogP contribution in [0, 0.1) is 6.92 Å². The molecule has 0 radical (unpaired) electrons. The van der Waals surface area contributed by atoms with Crippen LogP contribution in [0.2, 0.25) is 0 Å². The van der Waals surface area contributed by atoms with E-state index < -0.39 is 24.5 Å². The quantitative estimate of drug-likeness (QED) is 0.562. The minimum absolute atomic E-state index is 0.255. The Labute approximate surface area is 179 Å². The van der Waals surface area contributed by atoms with E-state index in [0.29, 0.717) is 17.9 Å². The van der Waals surface area contributed by atoms with Crippen molar-refractivity contribution in [1.29, 1.82) is 0 Å². The first-order valence-corrected chi connectivity index (χ1v) is 9.87. The van der Waals surface area contributed by atoms with Crippen LogP contribution in [0.1, 0.15) is 39.7 Å². The molecular formula is C24H22N2O5. The number of esters is 1. The van der Waals surface area contributed by atoms with Crippen LogP contribution in [0.25, 0.3) is 0 Å². The summed E-state index contributed by atoms with van der Waals surface area (Å²) in [5.74, 6) is -0.0708. The number of furan rings is 1. The van der Waals surface area contributed by atoms with Gasteiger partial charge in [0.1, 0.15) is 23.1 Å². The molecule has 0 fully saturated rings. The van der Waals surface area contributed by atoms with Gasteiger partial charge >= 0.3 is 5.97 Å². The van der Waals surface area contributed by atoms with Crippen molar-refractivity contribution < 1.29 is 23.5 Å². The molecule has 0 saturated heterocycles. The summed E-state index contributed by atoms with van der Waals surface area (Å²) in [5.41, 5.74) is 3.10. The summed E-state index contributed by atoms with van der Waals surface area (Å²) in [6.07, 6.45) is 2.06. The van der Waals surface area contributed by atoms with Crippen LogP contribution in [0.5, 0.6) is 5.75 Å². The fourth-order valence-corrected chi connectivity index (χ4v) is 3.45. The van der Waals surface area contributed by atoms with Gasteiger partial charge in [-0.05, 0) is 36.8 Å². The lowest BCUT2D eigenvalue weighted by molar-refractivity contribution is -0.136. The van der Waals surface area contributed by atoms with Gasteiger partial charge in [0.05, 0.1) is 19.1 Å². The van der Waals surface area contributed by atoms with Gasteiger partial charge in [-0.1, -0.05) is 42.0 Å². The average Bonchev–Trinajstić information content (AvgIpc) is 3.47. The number of hydrazone groups is 1. The molecule has 1 aromatic heterocycles. The first kappa shape index (κ1) is 20.4. The third-order valence-electron chi connectivity index (χ3n) is 5.08. The van der Waals surface area contributed by atoms with Crippen molar-refractivity contribution in [2.24, 2.45) is 5.10 Å². The SMILES string of the molecule is COc1ccccc1C(=O)OCC(=O)N1N=C(c2ccc(C)cc2)C[C@H]1c1ccco1. The number of aryl methyl sites for hydroxylation is 1. The van der Waals surface area contributed by atoms with E-state index in [9.17, 15) is 9.59 Å². The van der Waals surface area contributed by atoms with Crippen molar-refractivity contribution >= 4 is 17.6 Å². The van der Waals surface area contributed by atoms with Gasteiger partial charge in [-0.2, -0.15) is 5.10 Å². The molecule has 0 spiro atoms. The fraction of sp³-hybridized carbons (Fsp3) is 0.208. The molecular weight excluding hydrogens is 396 g/mol.